The van der Waals surface area contributed by atoms with Gasteiger partial charge in [0.15, 0.2) is 0 Å². The Hall–Kier alpha value is -7.22. The van der Waals surface area contributed by atoms with Gasteiger partial charge in [0.1, 0.15) is 11.2 Å². The van der Waals surface area contributed by atoms with Gasteiger partial charge >= 0.3 is 0 Å². The van der Waals surface area contributed by atoms with Crippen molar-refractivity contribution < 1.29 is 4.42 Å². The first kappa shape index (κ1) is 30.1. The summed E-state index contributed by atoms with van der Waals surface area (Å²) in [6.45, 7) is 0. The molecule has 56 heavy (non-hydrogen) atoms. The molecular formula is C55H32O. The van der Waals surface area contributed by atoms with Gasteiger partial charge in [0.2, 0.25) is 0 Å². The van der Waals surface area contributed by atoms with Gasteiger partial charge in [0.05, 0.1) is 5.41 Å². The second-order valence-corrected chi connectivity index (χ2v) is 15.4. The zero-order valence-electron chi connectivity index (χ0n) is 30.4. The lowest BCUT2D eigenvalue weighted by molar-refractivity contribution is 0.669. The van der Waals surface area contributed by atoms with Crippen LogP contribution in [0.25, 0.3) is 98.8 Å². The van der Waals surface area contributed by atoms with Crippen LogP contribution >= 0.6 is 0 Å². The van der Waals surface area contributed by atoms with E-state index in [-0.39, 0.29) is 0 Å². The average Bonchev–Trinajstić information content (AvgIpc) is 3.90. The van der Waals surface area contributed by atoms with Crippen LogP contribution in [0.1, 0.15) is 22.3 Å². The first-order chi connectivity index (χ1) is 27.8. The van der Waals surface area contributed by atoms with E-state index in [1.54, 1.807) is 0 Å². The molecule has 13 rings (SSSR count). The molecule has 0 amide bonds. The van der Waals surface area contributed by atoms with Crippen molar-refractivity contribution in [3.05, 3.63) is 216 Å². The second-order valence-electron chi connectivity index (χ2n) is 15.4. The smallest absolute Gasteiger partial charge is 0.144 e. The predicted molar refractivity (Wildman–Crippen MR) is 233 cm³/mol. The highest BCUT2D eigenvalue weighted by Gasteiger charge is 2.52. The van der Waals surface area contributed by atoms with Crippen LogP contribution in [0.15, 0.2) is 199 Å². The van der Waals surface area contributed by atoms with Crippen LogP contribution in [0.4, 0.5) is 0 Å². The fourth-order valence-electron chi connectivity index (χ4n) is 10.7. The summed E-state index contributed by atoms with van der Waals surface area (Å²) in [6.07, 6.45) is 0. The lowest BCUT2D eigenvalue weighted by Crippen LogP contribution is -2.25. The Balaban J connectivity index is 1.23. The molecule has 0 saturated heterocycles. The van der Waals surface area contributed by atoms with Gasteiger partial charge in [0.25, 0.3) is 0 Å². The third kappa shape index (κ3) is 3.70. The van der Waals surface area contributed by atoms with E-state index >= 15 is 0 Å². The number of benzene rings is 10. The molecule has 1 heteroatoms. The standard InChI is InChI=1S/C55H32O/c1-2-16-34-31-35(30-29-33(34)15-1)50-38-19-3-5-21-40(38)51(41-22-6-4-20-39(41)50)44-32-48-53(54-52(44)43-24-10-14-28-49(43)56-54)42-23-9-13-27-47(42)55(48)45-25-11-7-17-36(45)37-18-8-12-26-46(37)55/h1-32H. The van der Waals surface area contributed by atoms with Gasteiger partial charge in [-0.25, -0.2) is 0 Å². The van der Waals surface area contributed by atoms with Crippen LogP contribution in [-0.2, 0) is 5.41 Å². The third-order valence-corrected chi connectivity index (χ3v) is 12.8. The molecular weight excluding hydrogens is 677 g/mol. The van der Waals surface area contributed by atoms with E-state index < -0.39 is 5.41 Å². The van der Waals surface area contributed by atoms with E-state index in [1.807, 2.05) is 0 Å². The Morgan fingerprint density at radius 1 is 0.321 bits per heavy atom. The van der Waals surface area contributed by atoms with E-state index in [2.05, 4.69) is 194 Å². The quantitative estimate of drug-likeness (QED) is 0.163. The summed E-state index contributed by atoms with van der Waals surface area (Å²) in [5.74, 6) is 0. The fraction of sp³-hybridized carbons (Fsp3) is 0.0182. The lowest BCUT2D eigenvalue weighted by atomic mass is 9.70. The Morgan fingerprint density at radius 2 is 0.821 bits per heavy atom. The minimum atomic E-state index is -0.502. The number of hydrogen-bond acceptors (Lipinski definition) is 1. The summed E-state index contributed by atoms with van der Waals surface area (Å²) in [6, 6.07) is 71.9. The normalized spacial score (nSPS) is 13.5. The average molecular weight is 709 g/mol. The molecule has 1 nitrogen and oxygen atoms in total. The van der Waals surface area contributed by atoms with Crippen molar-refractivity contribution in [3.8, 4) is 44.5 Å². The Kier molecular flexibility index (Phi) is 5.89. The molecule has 0 N–H and O–H groups in total. The first-order valence-electron chi connectivity index (χ1n) is 19.5. The Morgan fingerprint density at radius 3 is 1.48 bits per heavy atom. The summed E-state index contributed by atoms with van der Waals surface area (Å²) in [4.78, 5) is 0. The molecule has 0 atom stereocenters. The molecule has 10 aromatic carbocycles. The van der Waals surface area contributed by atoms with Crippen molar-refractivity contribution in [1.29, 1.82) is 0 Å². The number of para-hydroxylation sites is 1. The van der Waals surface area contributed by atoms with Crippen LogP contribution in [-0.4, -0.2) is 0 Å². The highest BCUT2D eigenvalue weighted by Crippen LogP contribution is 2.65. The molecule has 0 bridgehead atoms. The molecule has 1 heterocycles. The first-order valence-corrected chi connectivity index (χ1v) is 19.5. The predicted octanol–water partition coefficient (Wildman–Crippen LogP) is 14.7. The van der Waals surface area contributed by atoms with E-state index in [9.17, 15) is 0 Å². The summed E-state index contributed by atoms with van der Waals surface area (Å²) in [5, 5.41) is 9.75. The summed E-state index contributed by atoms with van der Waals surface area (Å²) >= 11 is 0. The van der Waals surface area contributed by atoms with E-state index in [4.69, 9.17) is 4.42 Å². The van der Waals surface area contributed by atoms with Crippen molar-refractivity contribution >= 4 is 54.3 Å². The van der Waals surface area contributed by atoms with Crippen molar-refractivity contribution in [2.45, 2.75) is 5.41 Å². The molecule has 0 saturated carbocycles. The zero-order chi connectivity index (χ0) is 36.5. The van der Waals surface area contributed by atoms with Crippen molar-refractivity contribution in [2.24, 2.45) is 0 Å². The largest absolute Gasteiger partial charge is 0.455 e. The number of rotatable bonds is 2. The second kappa shape index (κ2) is 10.9. The van der Waals surface area contributed by atoms with Gasteiger partial charge in [0, 0.05) is 16.3 Å². The number of furan rings is 1. The van der Waals surface area contributed by atoms with E-state index in [1.165, 1.54) is 104 Å². The Labute approximate surface area is 323 Å². The monoisotopic (exact) mass is 708 g/mol. The highest BCUT2D eigenvalue weighted by atomic mass is 16.3. The van der Waals surface area contributed by atoms with Crippen LogP contribution in [0.2, 0.25) is 0 Å². The lowest BCUT2D eigenvalue weighted by Gasteiger charge is -2.31. The molecule has 0 fully saturated rings. The maximum absolute atomic E-state index is 7.15. The minimum absolute atomic E-state index is 0.502. The minimum Gasteiger partial charge on any atom is -0.455 e. The fourth-order valence-corrected chi connectivity index (χ4v) is 10.7. The molecule has 0 radical (unpaired) electrons. The SMILES string of the molecule is c1ccc2c(c1)-c1ccccc1C21c2ccccc2-c2c1cc(-c1c3ccccc3c(-c3ccc4ccccc4c3)c3ccccc13)c1c2oc2ccccc21. The third-order valence-electron chi connectivity index (χ3n) is 12.8. The summed E-state index contributed by atoms with van der Waals surface area (Å²) in [7, 11) is 0. The van der Waals surface area contributed by atoms with Crippen molar-refractivity contribution in [1.82, 2.24) is 0 Å². The van der Waals surface area contributed by atoms with Crippen LogP contribution in [0.5, 0.6) is 0 Å². The van der Waals surface area contributed by atoms with E-state index in [0.29, 0.717) is 0 Å². The summed E-state index contributed by atoms with van der Waals surface area (Å²) < 4.78 is 7.15. The molecule has 11 aromatic rings. The van der Waals surface area contributed by atoms with Crippen LogP contribution in [0.3, 0.4) is 0 Å². The maximum atomic E-state index is 7.15. The molecule has 1 aromatic heterocycles. The maximum Gasteiger partial charge on any atom is 0.144 e. The molecule has 1 spiro atoms. The van der Waals surface area contributed by atoms with Gasteiger partial charge in [-0.1, -0.05) is 176 Å². The molecule has 0 unspecified atom stereocenters. The van der Waals surface area contributed by atoms with Gasteiger partial charge < -0.3 is 4.42 Å². The zero-order valence-corrected chi connectivity index (χ0v) is 30.4. The molecule has 2 aliphatic rings. The van der Waals surface area contributed by atoms with Gasteiger partial charge in [-0.15, -0.1) is 0 Å². The number of fused-ring (bicyclic) bond motifs is 17. The van der Waals surface area contributed by atoms with Gasteiger partial charge in [-0.3, -0.25) is 0 Å². The van der Waals surface area contributed by atoms with Gasteiger partial charge in [-0.2, -0.15) is 0 Å². The Bertz CT molecular complexity index is 3390. The highest BCUT2D eigenvalue weighted by molar-refractivity contribution is 6.27. The van der Waals surface area contributed by atoms with Gasteiger partial charge in [-0.05, 0) is 112 Å². The molecule has 258 valence electrons. The molecule has 0 aliphatic heterocycles. The van der Waals surface area contributed by atoms with Crippen molar-refractivity contribution in [2.75, 3.05) is 0 Å². The number of hydrogen-bond donors (Lipinski definition) is 0. The van der Waals surface area contributed by atoms with Crippen LogP contribution < -0.4 is 0 Å². The van der Waals surface area contributed by atoms with E-state index in [0.717, 1.165) is 16.6 Å². The summed E-state index contributed by atoms with van der Waals surface area (Å²) in [5.41, 5.74) is 16.6. The van der Waals surface area contributed by atoms with Crippen LogP contribution in [0, 0.1) is 0 Å². The molecule has 2 aliphatic carbocycles. The van der Waals surface area contributed by atoms with Crippen molar-refractivity contribution in [3.63, 3.8) is 0 Å². The topological polar surface area (TPSA) is 13.1 Å².